The zero-order valence-corrected chi connectivity index (χ0v) is 24.8. The first-order valence-corrected chi connectivity index (χ1v) is 14.0. The molecule has 1 N–H and O–H groups in total. The number of imide groups is 1. The molecule has 1 aromatic heterocycles. The molecule has 1 unspecified atom stereocenters. The number of hydrogen-bond acceptors (Lipinski definition) is 7. The molecule has 0 aliphatic carbocycles. The normalized spacial score (nSPS) is 14.5. The third-order valence-corrected chi connectivity index (χ3v) is 6.43. The molecule has 0 bridgehead atoms. The van der Waals surface area contributed by atoms with Gasteiger partial charge in [0.25, 0.3) is 0 Å². The summed E-state index contributed by atoms with van der Waals surface area (Å²) in [6, 6.07) is 10.2. The Labute approximate surface area is 238 Å². The first kappa shape index (κ1) is 30.6. The van der Waals surface area contributed by atoms with E-state index in [1.54, 1.807) is 46.2 Å². The van der Waals surface area contributed by atoms with Crippen LogP contribution >= 0.6 is 0 Å². The highest BCUT2D eigenvalue weighted by Gasteiger charge is 2.32. The van der Waals surface area contributed by atoms with E-state index < -0.39 is 11.7 Å². The van der Waals surface area contributed by atoms with E-state index in [0.717, 1.165) is 39.6 Å². The van der Waals surface area contributed by atoms with Crippen molar-refractivity contribution in [2.45, 2.75) is 79.9 Å². The Hall–Kier alpha value is -3.94. The molecule has 2 heterocycles. The average molecular weight is 547 g/mol. The van der Waals surface area contributed by atoms with E-state index in [1.165, 1.54) is 5.56 Å². The minimum absolute atomic E-state index is 0.242. The summed E-state index contributed by atoms with van der Waals surface area (Å²) in [4.78, 5) is 36.6. The van der Waals surface area contributed by atoms with Crippen LogP contribution in [0.2, 0.25) is 0 Å². The van der Waals surface area contributed by atoms with Gasteiger partial charge < -0.3 is 14.8 Å². The Bertz CT molecular complexity index is 1280. The van der Waals surface area contributed by atoms with Gasteiger partial charge in [-0.25, -0.2) is 14.8 Å². The van der Waals surface area contributed by atoms with Crippen molar-refractivity contribution >= 4 is 29.6 Å². The molecule has 0 spiro atoms. The molecule has 1 atom stereocenters. The van der Waals surface area contributed by atoms with Crippen molar-refractivity contribution in [3.63, 3.8) is 0 Å². The Morgan fingerprint density at radius 2 is 1.95 bits per heavy atom. The van der Waals surface area contributed by atoms with Crippen LogP contribution in [0, 0.1) is 5.92 Å². The summed E-state index contributed by atoms with van der Waals surface area (Å²) in [5.41, 5.74) is 3.26. The Kier molecular flexibility index (Phi) is 10.6. The summed E-state index contributed by atoms with van der Waals surface area (Å²) >= 11 is 0. The predicted molar refractivity (Wildman–Crippen MR) is 160 cm³/mol. The number of aromatic nitrogens is 1. The lowest BCUT2D eigenvalue weighted by Crippen LogP contribution is -2.42. The number of pyridine rings is 1. The molecule has 0 saturated carbocycles. The fourth-order valence-corrected chi connectivity index (χ4v) is 4.10. The Morgan fingerprint density at radius 1 is 1.23 bits per heavy atom. The number of benzene rings is 1. The smallest absolute Gasteiger partial charge is 0.422 e. The lowest BCUT2D eigenvalue weighted by atomic mass is 10.0. The average Bonchev–Trinajstić information content (AvgIpc) is 3.41. The van der Waals surface area contributed by atoms with Crippen LogP contribution in [-0.4, -0.2) is 40.3 Å². The van der Waals surface area contributed by atoms with Crippen molar-refractivity contribution in [3.8, 4) is 5.75 Å². The van der Waals surface area contributed by atoms with Crippen LogP contribution in [-0.2, 0) is 22.5 Å². The second kappa shape index (κ2) is 13.9. The van der Waals surface area contributed by atoms with Gasteiger partial charge in [-0.3, -0.25) is 4.79 Å². The van der Waals surface area contributed by atoms with Gasteiger partial charge in [0, 0.05) is 42.4 Å². The summed E-state index contributed by atoms with van der Waals surface area (Å²) in [5, 5.41) is 3.44. The molecule has 1 aliphatic rings. The summed E-state index contributed by atoms with van der Waals surface area (Å²) in [6.45, 7) is 14.2. The number of fused-ring (bicyclic) bond motifs is 1. The minimum atomic E-state index is -0.752. The van der Waals surface area contributed by atoms with E-state index >= 15 is 0 Å². The number of anilines is 1. The fourth-order valence-electron chi connectivity index (χ4n) is 4.10. The van der Waals surface area contributed by atoms with Gasteiger partial charge in [0.15, 0.2) is 0 Å². The van der Waals surface area contributed by atoms with Gasteiger partial charge in [-0.1, -0.05) is 51.1 Å². The number of nitrogens with zero attached hydrogens (tertiary/aromatic N) is 3. The van der Waals surface area contributed by atoms with E-state index in [1.807, 2.05) is 45.0 Å². The molecule has 1 aliphatic heterocycles. The SMILES string of the molecule is CC/C=C(/N=C/C=C(\C)c1cnc(NCc2ccccc2)c2c1OCC2)N(C(=O)OC(C)(C)C)C(=O)C(C)CC. The maximum Gasteiger partial charge on any atom is 0.422 e. The van der Waals surface area contributed by atoms with Crippen molar-refractivity contribution in [1.29, 1.82) is 0 Å². The zero-order valence-electron chi connectivity index (χ0n) is 24.8. The first-order chi connectivity index (χ1) is 19.1. The van der Waals surface area contributed by atoms with Gasteiger partial charge >= 0.3 is 6.09 Å². The van der Waals surface area contributed by atoms with Crippen LogP contribution in [0.15, 0.2) is 59.5 Å². The molecule has 0 saturated heterocycles. The standard InChI is InChI=1S/C32H42N4O4/c1-8-13-27(36(30(37)22(3)9-2)31(38)40-32(5,6)7)33-18-16-23(4)26-21-35-29(25-17-19-39-28(25)26)34-20-24-14-11-10-12-15-24/h10-16,18,21-22H,8-9,17,19-20H2,1-7H3,(H,34,35)/b23-16+,27-13-,33-18+. The molecule has 40 heavy (non-hydrogen) atoms. The lowest BCUT2D eigenvalue weighted by Gasteiger charge is -2.27. The maximum absolute atomic E-state index is 13.2. The van der Waals surface area contributed by atoms with E-state index in [9.17, 15) is 9.59 Å². The molecule has 214 valence electrons. The molecular formula is C32H42N4O4. The van der Waals surface area contributed by atoms with E-state index in [2.05, 4.69) is 22.4 Å². The number of ether oxygens (including phenoxy) is 2. The van der Waals surface area contributed by atoms with Crippen molar-refractivity contribution in [1.82, 2.24) is 9.88 Å². The third kappa shape index (κ3) is 8.04. The van der Waals surface area contributed by atoms with E-state index in [4.69, 9.17) is 14.5 Å². The lowest BCUT2D eigenvalue weighted by molar-refractivity contribution is -0.132. The Morgan fingerprint density at radius 3 is 2.60 bits per heavy atom. The highest BCUT2D eigenvalue weighted by atomic mass is 16.6. The van der Waals surface area contributed by atoms with Gasteiger partial charge in [-0.15, -0.1) is 0 Å². The number of nitrogens with one attached hydrogen (secondary N) is 1. The molecule has 0 fully saturated rings. The number of carbonyl (C=O) groups is 2. The second-order valence-corrected chi connectivity index (χ2v) is 10.8. The molecule has 2 amide bonds. The number of carbonyl (C=O) groups excluding carboxylic acids is 2. The van der Waals surface area contributed by atoms with Crippen LogP contribution in [0.4, 0.5) is 10.6 Å². The van der Waals surface area contributed by atoms with E-state index in [-0.39, 0.29) is 17.6 Å². The van der Waals surface area contributed by atoms with Gasteiger partial charge in [0.2, 0.25) is 5.91 Å². The molecule has 8 nitrogen and oxygen atoms in total. The molecule has 3 rings (SSSR count). The molecule has 2 aromatic rings. The molecule has 8 heteroatoms. The van der Waals surface area contributed by atoms with Crippen LogP contribution in [0.5, 0.6) is 5.75 Å². The van der Waals surface area contributed by atoms with Crippen molar-refractivity contribution in [3.05, 3.63) is 71.2 Å². The molecule has 0 radical (unpaired) electrons. The zero-order chi connectivity index (χ0) is 29.3. The van der Waals surface area contributed by atoms with Crippen LogP contribution in [0.3, 0.4) is 0 Å². The molecule has 1 aromatic carbocycles. The van der Waals surface area contributed by atoms with Crippen LogP contribution in [0.1, 0.15) is 78.0 Å². The topological polar surface area (TPSA) is 93.1 Å². The second-order valence-electron chi connectivity index (χ2n) is 10.8. The minimum Gasteiger partial charge on any atom is -0.492 e. The van der Waals surface area contributed by atoms with Crippen molar-refractivity contribution in [2.75, 3.05) is 11.9 Å². The summed E-state index contributed by atoms with van der Waals surface area (Å²) in [5.74, 6) is 1.18. The number of hydrogen-bond donors (Lipinski definition) is 1. The fraction of sp³-hybridized carbons (Fsp3) is 0.438. The number of allylic oxidation sites excluding steroid dienone is 3. The number of rotatable bonds is 10. The number of aliphatic imine (C=N–C) groups is 1. The molecular weight excluding hydrogens is 504 g/mol. The van der Waals surface area contributed by atoms with Gasteiger partial charge in [-0.05, 0) is 63.8 Å². The third-order valence-electron chi connectivity index (χ3n) is 6.43. The summed E-state index contributed by atoms with van der Waals surface area (Å²) in [6.07, 6.45) is 8.21. The predicted octanol–water partition coefficient (Wildman–Crippen LogP) is 7.16. The monoisotopic (exact) mass is 546 g/mol. The highest BCUT2D eigenvalue weighted by Crippen LogP contribution is 2.37. The summed E-state index contributed by atoms with van der Waals surface area (Å²) < 4.78 is 11.6. The number of amides is 2. The maximum atomic E-state index is 13.2. The van der Waals surface area contributed by atoms with Gasteiger partial charge in [0.05, 0.1) is 6.61 Å². The largest absolute Gasteiger partial charge is 0.492 e. The van der Waals surface area contributed by atoms with Gasteiger partial charge in [0.1, 0.15) is 23.0 Å². The first-order valence-electron chi connectivity index (χ1n) is 14.0. The van der Waals surface area contributed by atoms with Gasteiger partial charge in [-0.2, -0.15) is 4.90 Å². The van der Waals surface area contributed by atoms with E-state index in [0.29, 0.717) is 26.0 Å². The Balaban J connectivity index is 1.86. The van der Waals surface area contributed by atoms with Crippen molar-refractivity contribution < 1.29 is 19.1 Å². The van der Waals surface area contributed by atoms with Crippen LogP contribution in [0.25, 0.3) is 5.57 Å². The van der Waals surface area contributed by atoms with Crippen molar-refractivity contribution in [2.24, 2.45) is 10.9 Å². The highest BCUT2D eigenvalue weighted by molar-refractivity contribution is 5.96. The van der Waals surface area contributed by atoms with Crippen LogP contribution < -0.4 is 10.1 Å². The quantitative estimate of drug-likeness (QED) is 0.318. The summed E-state index contributed by atoms with van der Waals surface area (Å²) in [7, 11) is 0.